The number of aryl methyl sites for hydroxylation is 1. The highest BCUT2D eigenvalue weighted by atomic mass is 16.7. The Labute approximate surface area is 227 Å². The monoisotopic (exact) mass is 562 g/mol. The molecule has 13 nitrogen and oxygen atoms in total. The zero-order valence-electron chi connectivity index (χ0n) is 22.2. The molecule has 10 unspecified atom stereocenters. The van der Waals surface area contributed by atoms with Gasteiger partial charge in [0.05, 0.1) is 20.3 Å². The lowest BCUT2D eigenvalue weighted by atomic mass is 9.99. The van der Waals surface area contributed by atoms with Crippen LogP contribution in [0.1, 0.15) is 44.6 Å². The Balaban J connectivity index is 1.89. The van der Waals surface area contributed by atoms with Crippen LogP contribution in [0.25, 0.3) is 0 Å². The molecule has 2 fully saturated rings. The van der Waals surface area contributed by atoms with Gasteiger partial charge in [0.15, 0.2) is 11.5 Å². The van der Waals surface area contributed by atoms with E-state index in [1.54, 1.807) is 6.07 Å². The van der Waals surface area contributed by atoms with Crippen LogP contribution in [-0.4, -0.2) is 123 Å². The first-order valence-corrected chi connectivity index (χ1v) is 13.3. The van der Waals surface area contributed by atoms with Crippen LogP contribution in [0.5, 0.6) is 17.2 Å². The summed E-state index contributed by atoms with van der Waals surface area (Å²) in [7, 11) is 1.37. The summed E-state index contributed by atoms with van der Waals surface area (Å²) >= 11 is 0. The topological polar surface area (TPSA) is 208 Å². The molecule has 0 aromatic heterocycles. The molecule has 39 heavy (non-hydrogen) atoms. The summed E-state index contributed by atoms with van der Waals surface area (Å²) in [6.07, 6.45) is -9.38. The molecule has 1 aromatic rings. The van der Waals surface area contributed by atoms with E-state index in [1.165, 1.54) is 13.2 Å². The Morgan fingerprint density at radius 1 is 0.692 bits per heavy atom. The van der Waals surface area contributed by atoms with Crippen LogP contribution in [0, 0.1) is 0 Å². The number of aliphatic hydroxyl groups is 8. The number of ether oxygens (including phenoxy) is 5. The first-order valence-electron chi connectivity index (χ1n) is 13.3. The standard InChI is InChI=1S/C26H42O13/c1-3-4-5-6-7-8-13-9-14(36-25-22(33)20(31)18(29)16(11-27)37-25)10-15(35-2)24(13)39-26-23(34)21(32)19(30)17(12-28)38-26/h9-10,16-23,25-34H,3-8,11-12H2,1-2H3. The molecule has 2 saturated heterocycles. The maximum absolute atomic E-state index is 10.5. The summed E-state index contributed by atoms with van der Waals surface area (Å²) < 4.78 is 28.2. The predicted octanol–water partition coefficient (Wildman–Crippen LogP) is -1.43. The SMILES string of the molecule is CCCCCCCc1cc(OC2OC(CO)C(O)C(O)C2O)cc(OC)c1OC1OC(CO)C(O)C(O)C1O. The van der Waals surface area contributed by atoms with Crippen LogP contribution in [-0.2, 0) is 15.9 Å². The first kappa shape index (κ1) is 31.7. The number of rotatable bonds is 13. The molecule has 0 amide bonds. The average molecular weight is 563 g/mol. The third-order valence-corrected chi connectivity index (χ3v) is 7.06. The Morgan fingerprint density at radius 3 is 1.74 bits per heavy atom. The third kappa shape index (κ3) is 7.50. The van der Waals surface area contributed by atoms with E-state index in [1.807, 2.05) is 0 Å². The van der Waals surface area contributed by atoms with E-state index in [2.05, 4.69) is 6.92 Å². The largest absolute Gasteiger partial charge is 0.493 e. The minimum atomic E-state index is -1.63. The zero-order valence-corrected chi connectivity index (χ0v) is 22.2. The van der Waals surface area contributed by atoms with Gasteiger partial charge in [-0.15, -0.1) is 0 Å². The van der Waals surface area contributed by atoms with E-state index < -0.39 is 74.6 Å². The maximum Gasteiger partial charge on any atom is 0.229 e. The lowest BCUT2D eigenvalue weighted by Gasteiger charge is -2.40. The quantitative estimate of drug-likeness (QED) is 0.130. The van der Waals surface area contributed by atoms with Gasteiger partial charge in [-0.05, 0) is 18.9 Å². The van der Waals surface area contributed by atoms with Gasteiger partial charge in [0.25, 0.3) is 0 Å². The van der Waals surface area contributed by atoms with Crippen molar-refractivity contribution in [2.24, 2.45) is 0 Å². The van der Waals surface area contributed by atoms with Crippen molar-refractivity contribution in [2.75, 3.05) is 20.3 Å². The number of aliphatic hydroxyl groups excluding tert-OH is 8. The highest BCUT2D eigenvalue weighted by Crippen LogP contribution is 2.40. The molecule has 0 saturated carbocycles. The molecule has 1 aromatic carbocycles. The van der Waals surface area contributed by atoms with Gasteiger partial charge in [0.2, 0.25) is 12.6 Å². The summed E-state index contributed by atoms with van der Waals surface area (Å²) in [4.78, 5) is 0. The zero-order chi connectivity index (χ0) is 28.7. The van der Waals surface area contributed by atoms with Crippen LogP contribution < -0.4 is 14.2 Å². The Bertz CT molecular complexity index is 882. The van der Waals surface area contributed by atoms with Crippen molar-refractivity contribution in [3.05, 3.63) is 17.7 Å². The molecule has 2 heterocycles. The molecule has 2 aliphatic heterocycles. The molecule has 0 aliphatic carbocycles. The summed E-state index contributed by atoms with van der Waals surface area (Å²) in [6, 6.07) is 3.02. The van der Waals surface area contributed by atoms with Crippen molar-refractivity contribution in [1.82, 2.24) is 0 Å². The van der Waals surface area contributed by atoms with Gasteiger partial charge in [0, 0.05) is 11.6 Å². The Kier molecular flexibility index (Phi) is 12.0. The first-order chi connectivity index (χ1) is 18.7. The Hall–Kier alpha value is -1.78. The molecular weight excluding hydrogens is 520 g/mol. The molecule has 10 atom stereocenters. The van der Waals surface area contributed by atoms with Crippen molar-refractivity contribution in [3.8, 4) is 17.2 Å². The lowest BCUT2D eigenvalue weighted by Crippen LogP contribution is -2.60. The molecule has 0 spiro atoms. The number of hydrogen-bond donors (Lipinski definition) is 8. The van der Waals surface area contributed by atoms with E-state index in [-0.39, 0.29) is 17.2 Å². The summed E-state index contributed by atoms with van der Waals surface area (Å²) in [5.74, 6) is 0.497. The highest BCUT2D eigenvalue weighted by molar-refractivity contribution is 5.52. The minimum Gasteiger partial charge on any atom is -0.493 e. The molecule has 224 valence electrons. The summed E-state index contributed by atoms with van der Waals surface area (Å²) in [5, 5.41) is 80.3. The third-order valence-electron chi connectivity index (χ3n) is 7.06. The van der Waals surface area contributed by atoms with E-state index in [9.17, 15) is 40.9 Å². The second-order valence-electron chi connectivity index (χ2n) is 9.91. The molecule has 3 rings (SSSR count). The molecule has 2 aliphatic rings. The van der Waals surface area contributed by atoms with Crippen molar-refractivity contribution in [3.63, 3.8) is 0 Å². The number of hydrogen-bond acceptors (Lipinski definition) is 13. The van der Waals surface area contributed by atoms with Crippen molar-refractivity contribution >= 4 is 0 Å². The maximum atomic E-state index is 10.5. The van der Waals surface area contributed by atoms with Crippen molar-refractivity contribution in [1.29, 1.82) is 0 Å². The number of benzene rings is 1. The van der Waals surface area contributed by atoms with Gasteiger partial charge in [-0.2, -0.15) is 0 Å². The number of unbranched alkanes of at least 4 members (excludes halogenated alkanes) is 4. The van der Waals surface area contributed by atoms with Gasteiger partial charge in [0.1, 0.15) is 54.6 Å². The second kappa shape index (κ2) is 14.7. The fourth-order valence-electron chi connectivity index (χ4n) is 4.67. The van der Waals surface area contributed by atoms with E-state index in [0.29, 0.717) is 12.0 Å². The van der Waals surface area contributed by atoms with Crippen LogP contribution in [0.4, 0.5) is 0 Å². The van der Waals surface area contributed by atoms with Crippen LogP contribution >= 0.6 is 0 Å². The van der Waals surface area contributed by atoms with E-state index in [4.69, 9.17) is 23.7 Å². The van der Waals surface area contributed by atoms with Crippen LogP contribution in [0.3, 0.4) is 0 Å². The fourth-order valence-corrected chi connectivity index (χ4v) is 4.67. The molecular formula is C26H42O13. The minimum absolute atomic E-state index is 0.151. The molecule has 0 radical (unpaired) electrons. The average Bonchev–Trinajstić information content (AvgIpc) is 2.94. The molecule has 8 N–H and O–H groups in total. The van der Waals surface area contributed by atoms with Gasteiger partial charge < -0.3 is 64.5 Å². The van der Waals surface area contributed by atoms with E-state index >= 15 is 0 Å². The van der Waals surface area contributed by atoms with Crippen molar-refractivity contribution < 1.29 is 64.5 Å². The summed E-state index contributed by atoms with van der Waals surface area (Å²) in [5.41, 5.74) is 0.572. The fraction of sp³-hybridized carbons (Fsp3) is 0.769. The predicted molar refractivity (Wildman–Crippen MR) is 134 cm³/mol. The van der Waals surface area contributed by atoms with Crippen LogP contribution in [0.2, 0.25) is 0 Å². The van der Waals surface area contributed by atoms with Gasteiger partial charge in [-0.25, -0.2) is 0 Å². The van der Waals surface area contributed by atoms with Crippen LogP contribution in [0.15, 0.2) is 12.1 Å². The summed E-state index contributed by atoms with van der Waals surface area (Å²) in [6.45, 7) is 0.887. The van der Waals surface area contributed by atoms with Gasteiger partial charge in [-0.3, -0.25) is 0 Å². The van der Waals surface area contributed by atoms with E-state index in [0.717, 1.165) is 32.1 Å². The molecule has 0 bridgehead atoms. The van der Waals surface area contributed by atoms with Gasteiger partial charge in [-0.1, -0.05) is 32.6 Å². The molecule has 13 heteroatoms. The Morgan fingerprint density at radius 2 is 1.23 bits per heavy atom. The second-order valence-corrected chi connectivity index (χ2v) is 9.91. The smallest absolute Gasteiger partial charge is 0.229 e. The lowest BCUT2D eigenvalue weighted by molar-refractivity contribution is -0.278. The van der Waals surface area contributed by atoms with Crippen molar-refractivity contribution in [2.45, 2.75) is 107 Å². The normalized spacial score (nSPS) is 35.0. The highest BCUT2D eigenvalue weighted by Gasteiger charge is 2.46. The van der Waals surface area contributed by atoms with Gasteiger partial charge >= 0.3 is 0 Å². The number of methoxy groups -OCH3 is 1.